The van der Waals surface area contributed by atoms with E-state index in [0.717, 1.165) is 50.0 Å². The molecule has 2 aromatic rings. The molecular formula is C35H53FN2O2. The summed E-state index contributed by atoms with van der Waals surface area (Å²) >= 11 is 0. The van der Waals surface area contributed by atoms with Gasteiger partial charge < -0.3 is 4.74 Å². The normalized spacial score (nSPS) is 17.2. The predicted molar refractivity (Wildman–Crippen MR) is 163 cm³/mol. The standard InChI is InChI=1S/C35H53FN2O2/c1-3-5-7-9-11-12-14-15-17-28-19-22-31(23-20-28)40-35(39)32-24-21-30(25-33(32)36)34-37-26-29(27-38-34)18-16-13-10-8-6-4-2/h21,24-28,31H,3-20,22-23H2,1-2H3/t28-,31-. The van der Waals surface area contributed by atoms with E-state index in [1.165, 1.54) is 102 Å². The molecule has 0 spiro atoms. The molecule has 1 aromatic carbocycles. The van der Waals surface area contributed by atoms with Gasteiger partial charge in [-0.15, -0.1) is 0 Å². The van der Waals surface area contributed by atoms with Crippen LogP contribution in [0.2, 0.25) is 0 Å². The van der Waals surface area contributed by atoms with Crippen LogP contribution in [0.25, 0.3) is 11.4 Å². The SMILES string of the molecule is CCCCCCCCCC[C@H]1CC[C@H](OC(=O)c2ccc(-c3ncc(CCCCCCCC)cn3)cc2F)CC1. The molecule has 0 radical (unpaired) electrons. The third-order valence-electron chi connectivity index (χ3n) is 8.50. The van der Waals surface area contributed by atoms with E-state index in [-0.39, 0.29) is 11.7 Å². The minimum atomic E-state index is -0.578. The van der Waals surface area contributed by atoms with Gasteiger partial charge in [-0.3, -0.25) is 0 Å². The third kappa shape index (κ3) is 11.7. The molecule has 1 aromatic heterocycles. The number of rotatable bonds is 19. The van der Waals surface area contributed by atoms with Crippen LogP contribution >= 0.6 is 0 Å². The van der Waals surface area contributed by atoms with Gasteiger partial charge in [-0.05, 0) is 62.1 Å². The molecule has 1 aliphatic carbocycles. The number of nitrogens with zero attached hydrogens (tertiary/aromatic N) is 2. The van der Waals surface area contributed by atoms with E-state index in [0.29, 0.717) is 11.4 Å². The number of aromatic nitrogens is 2. The highest BCUT2D eigenvalue weighted by Crippen LogP contribution is 2.31. The van der Waals surface area contributed by atoms with Crippen LogP contribution in [-0.2, 0) is 11.2 Å². The van der Waals surface area contributed by atoms with Crippen LogP contribution < -0.4 is 0 Å². The molecule has 0 bridgehead atoms. The largest absolute Gasteiger partial charge is 0.459 e. The molecule has 5 heteroatoms. The number of benzene rings is 1. The summed E-state index contributed by atoms with van der Waals surface area (Å²) in [5.41, 5.74) is 1.67. The first kappa shape index (κ1) is 32.2. The van der Waals surface area contributed by atoms with Crippen molar-refractivity contribution in [3.8, 4) is 11.4 Å². The molecular weight excluding hydrogens is 499 g/mol. The highest BCUT2D eigenvalue weighted by Gasteiger charge is 2.25. The zero-order valence-electron chi connectivity index (χ0n) is 25.3. The summed E-state index contributed by atoms with van der Waals surface area (Å²) in [6.45, 7) is 4.49. The zero-order valence-corrected chi connectivity index (χ0v) is 25.3. The number of halogens is 1. The number of hydrogen-bond acceptors (Lipinski definition) is 4. The van der Waals surface area contributed by atoms with Gasteiger partial charge in [0.15, 0.2) is 5.82 Å². The first-order chi connectivity index (χ1) is 19.6. The number of unbranched alkanes of at least 4 members (excludes halogenated alkanes) is 12. The number of carbonyl (C=O) groups is 1. The molecule has 0 aliphatic heterocycles. The fraction of sp³-hybridized carbons (Fsp3) is 0.686. The summed E-state index contributed by atoms with van der Waals surface area (Å²) in [5, 5.41) is 0. The first-order valence-electron chi connectivity index (χ1n) is 16.4. The highest BCUT2D eigenvalue weighted by molar-refractivity contribution is 5.90. The number of hydrogen-bond donors (Lipinski definition) is 0. The number of ether oxygens (including phenoxy) is 1. The highest BCUT2D eigenvalue weighted by atomic mass is 19.1. The maximum absolute atomic E-state index is 14.9. The predicted octanol–water partition coefficient (Wildman–Crippen LogP) is 10.4. The Balaban J connectivity index is 1.36. The molecule has 0 atom stereocenters. The Hall–Kier alpha value is -2.30. The van der Waals surface area contributed by atoms with Gasteiger partial charge in [-0.25, -0.2) is 19.2 Å². The molecule has 40 heavy (non-hydrogen) atoms. The third-order valence-corrected chi connectivity index (χ3v) is 8.50. The van der Waals surface area contributed by atoms with E-state index < -0.39 is 11.8 Å². The van der Waals surface area contributed by atoms with Crippen LogP contribution in [0, 0.1) is 11.7 Å². The lowest BCUT2D eigenvalue weighted by Crippen LogP contribution is -2.25. The van der Waals surface area contributed by atoms with Gasteiger partial charge in [-0.2, -0.15) is 0 Å². The quantitative estimate of drug-likeness (QED) is 0.128. The van der Waals surface area contributed by atoms with Gasteiger partial charge in [-0.1, -0.05) is 110 Å². The van der Waals surface area contributed by atoms with E-state index in [2.05, 4.69) is 23.8 Å². The van der Waals surface area contributed by atoms with Crippen LogP contribution in [0.5, 0.6) is 0 Å². The molecule has 0 unspecified atom stereocenters. The lowest BCUT2D eigenvalue weighted by molar-refractivity contribution is 0.0156. The summed E-state index contributed by atoms with van der Waals surface area (Å²) in [5.74, 6) is 0.0694. The number of esters is 1. The molecule has 3 rings (SSSR count). The van der Waals surface area contributed by atoms with Gasteiger partial charge in [0.05, 0.1) is 5.56 Å². The molecule has 4 nitrogen and oxygen atoms in total. The van der Waals surface area contributed by atoms with E-state index in [1.54, 1.807) is 6.07 Å². The maximum atomic E-state index is 14.9. The van der Waals surface area contributed by atoms with Gasteiger partial charge in [0.2, 0.25) is 0 Å². The average Bonchev–Trinajstić information content (AvgIpc) is 2.97. The van der Waals surface area contributed by atoms with E-state index >= 15 is 0 Å². The minimum absolute atomic E-state index is 0.00972. The number of aryl methyl sites for hydroxylation is 1. The maximum Gasteiger partial charge on any atom is 0.341 e. The molecule has 1 saturated carbocycles. The monoisotopic (exact) mass is 552 g/mol. The van der Waals surface area contributed by atoms with Crippen molar-refractivity contribution in [2.24, 2.45) is 5.92 Å². The van der Waals surface area contributed by atoms with Crippen molar-refractivity contribution in [3.05, 3.63) is 47.5 Å². The topological polar surface area (TPSA) is 52.1 Å². The zero-order chi connectivity index (χ0) is 28.4. The summed E-state index contributed by atoms with van der Waals surface area (Å²) in [7, 11) is 0. The fourth-order valence-electron chi connectivity index (χ4n) is 5.88. The van der Waals surface area contributed by atoms with Gasteiger partial charge in [0.25, 0.3) is 0 Å². The Morgan fingerprint density at radius 3 is 1.98 bits per heavy atom. The molecule has 1 heterocycles. The lowest BCUT2D eigenvalue weighted by atomic mass is 9.84. The molecule has 222 valence electrons. The fourth-order valence-corrected chi connectivity index (χ4v) is 5.88. The summed E-state index contributed by atoms with van der Waals surface area (Å²) in [6.07, 6.45) is 28.1. The average molecular weight is 553 g/mol. The molecule has 1 fully saturated rings. The summed E-state index contributed by atoms with van der Waals surface area (Å²) < 4.78 is 20.6. The lowest BCUT2D eigenvalue weighted by Gasteiger charge is -2.28. The number of carbonyl (C=O) groups excluding carboxylic acids is 1. The Morgan fingerprint density at radius 1 is 0.800 bits per heavy atom. The van der Waals surface area contributed by atoms with Crippen molar-refractivity contribution >= 4 is 5.97 Å². The molecule has 0 N–H and O–H groups in total. The van der Waals surface area contributed by atoms with Crippen molar-refractivity contribution in [1.29, 1.82) is 0 Å². The van der Waals surface area contributed by atoms with Crippen LogP contribution in [0.4, 0.5) is 4.39 Å². The van der Waals surface area contributed by atoms with Gasteiger partial charge in [0.1, 0.15) is 11.9 Å². The van der Waals surface area contributed by atoms with E-state index in [9.17, 15) is 9.18 Å². The van der Waals surface area contributed by atoms with Crippen LogP contribution in [-0.4, -0.2) is 22.0 Å². The van der Waals surface area contributed by atoms with Crippen molar-refractivity contribution in [1.82, 2.24) is 9.97 Å². The smallest absolute Gasteiger partial charge is 0.341 e. The summed E-state index contributed by atoms with van der Waals surface area (Å²) in [6, 6.07) is 4.57. The van der Waals surface area contributed by atoms with Crippen LogP contribution in [0.15, 0.2) is 30.6 Å². The van der Waals surface area contributed by atoms with E-state index in [1.807, 2.05) is 12.4 Å². The summed E-state index contributed by atoms with van der Waals surface area (Å²) in [4.78, 5) is 21.6. The van der Waals surface area contributed by atoms with E-state index in [4.69, 9.17) is 4.74 Å². The van der Waals surface area contributed by atoms with Gasteiger partial charge in [0, 0.05) is 18.0 Å². The second-order valence-electron chi connectivity index (χ2n) is 11.9. The molecule has 0 saturated heterocycles. The van der Waals surface area contributed by atoms with Crippen molar-refractivity contribution in [3.63, 3.8) is 0 Å². The Morgan fingerprint density at radius 2 is 1.38 bits per heavy atom. The van der Waals surface area contributed by atoms with Gasteiger partial charge >= 0.3 is 5.97 Å². The molecule has 0 amide bonds. The Labute approximate surface area is 242 Å². The van der Waals surface area contributed by atoms with Crippen molar-refractivity contribution in [2.75, 3.05) is 0 Å². The van der Waals surface area contributed by atoms with Crippen molar-refractivity contribution < 1.29 is 13.9 Å². The Kier molecular flexibility index (Phi) is 15.3. The second-order valence-corrected chi connectivity index (χ2v) is 11.9. The van der Waals surface area contributed by atoms with Crippen LogP contribution in [0.3, 0.4) is 0 Å². The van der Waals surface area contributed by atoms with Crippen LogP contribution in [0.1, 0.15) is 152 Å². The minimum Gasteiger partial charge on any atom is -0.459 e. The second kappa shape index (κ2) is 18.9. The molecule has 1 aliphatic rings. The first-order valence-corrected chi connectivity index (χ1v) is 16.4. The van der Waals surface area contributed by atoms with Crippen molar-refractivity contribution in [2.45, 2.75) is 148 Å². The Bertz CT molecular complexity index is 970.